The number of halogens is 1. The molecule has 1 aliphatic rings. The van der Waals surface area contributed by atoms with Gasteiger partial charge in [-0.25, -0.2) is 0 Å². The summed E-state index contributed by atoms with van der Waals surface area (Å²) in [6.07, 6.45) is 1.70. The highest BCUT2D eigenvalue weighted by Crippen LogP contribution is 2.27. The maximum atomic E-state index is 12.9. The van der Waals surface area contributed by atoms with Crippen molar-refractivity contribution in [1.82, 2.24) is 9.47 Å². The highest BCUT2D eigenvalue weighted by atomic mass is 35.5. The number of ether oxygens (including phenoxy) is 1. The molecule has 1 aliphatic heterocycles. The molecular formula is C29H30ClN3O2. The summed E-state index contributed by atoms with van der Waals surface area (Å²) < 4.78 is 7.63. The summed E-state index contributed by atoms with van der Waals surface area (Å²) >= 11 is 6.49. The summed E-state index contributed by atoms with van der Waals surface area (Å²) in [6, 6.07) is 26.3. The zero-order chi connectivity index (χ0) is 24.2. The number of rotatable bonds is 7. The van der Waals surface area contributed by atoms with E-state index >= 15 is 0 Å². The van der Waals surface area contributed by atoms with Gasteiger partial charge in [0.1, 0.15) is 5.75 Å². The Morgan fingerprint density at radius 2 is 1.74 bits per heavy atom. The number of para-hydroxylation sites is 1. The van der Waals surface area contributed by atoms with Crippen LogP contribution in [0.5, 0.6) is 5.75 Å². The van der Waals surface area contributed by atoms with Crippen LogP contribution < -0.4 is 10.1 Å². The monoisotopic (exact) mass is 487 g/mol. The second-order valence-corrected chi connectivity index (χ2v) is 9.55. The minimum absolute atomic E-state index is 0.0198. The van der Waals surface area contributed by atoms with E-state index in [0.29, 0.717) is 0 Å². The van der Waals surface area contributed by atoms with Gasteiger partial charge in [0.2, 0.25) is 5.91 Å². The predicted molar refractivity (Wildman–Crippen MR) is 142 cm³/mol. The molecule has 1 N–H and O–H groups in total. The Kier molecular flexibility index (Phi) is 7.07. The van der Waals surface area contributed by atoms with Crippen LogP contribution in [-0.2, 0) is 17.9 Å². The maximum Gasteiger partial charge on any atom is 0.227 e. The van der Waals surface area contributed by atoms with Crippen LogP contribution in [0, 0.1) is 5.92 Å². The number of fused-ring (bicyclic) bond motifs is 1. The first-order valence-electron chi connectivity index (χ1n) is 12.1. The largest absolute Gasteiger partial charge is 0.497 e. The van der Waals surface area contributed by atoms with Gasteiger partial charge in [0.25, 0.3) is 0 Å². The van der Waals surface area contributed by atoms with Gasteiger partial charge in [-0.2, -0.15) is 0 Å². The zero-order valence-corrected chi connectivity index (χ0v) is 20.7. The predicted octanol–water partition coefficient (Wildman–Crippen LogP) is 6.20. The zero-order valence-electron chi connectivity index (χ0n) is 19.9. The Labute approximate surface area is 211 Å². The van der Waals surface area contributed by atoms with Crippen LogP contribution in [-0.4, -0.2) is 35.6 Å². The van der Waals surface area contributed by atoms with Gasteiger partial charge in [0.15, 0.2) is 0 Å². The maximum absolute atomic E-state index is 12.9. The Hall–Kier alpha value is -3.28. The van der Waals surface area contributed by atoms with E-state index < -0.39 is 0 Å². The first kappa shape index (κ1) is 23.5. The molecule has 1 saturated heterocycles. The third kappa shape index (κ3) is 5.37. The second-order valence-electron chi connectivity index (χ2n) is 9.14. The SMILES string of the molecule is COc1cccc(NC(=O)C2CCN(Cc3cc4ccccc4n3Cc3ccccc3Cl)CC2)c1. The summed E-state index contributed by atoms with van der Waals surface area (Å²) in [6.45, 7) is 3.37. The van der Waals surface area contributed by atoms with Gasteiger partial charge in [0, 0.05) is 47.0 Å². The van der Waals surface area contributed by atoms with Crippen LogP contribution in [0.15, 0.2) is 78.9 Å². The van der Waals surface area contributed by atoms with Crippen LogP contribution in [0.4, 0.5) is 5.69 Å². The smallest absolute Gasteiger partial charge is 0.227 e. The number of methoxy groups -OCH3 is 1. The fourth-order valence-corrected chi connectivity index (χ4v) is 5.11. The third-order valence-corrected chi connectivity index (χ3v) is 7.23. The Bertz CT molecular complexity index is 1320. The lowest BCUT2D eigenvalue weighted by molar-refractivity contribution is -0.121. The summed E-state index contributed by atoms with van der Waals surface area (Å²) in [4.78, 5) is 15.3. The molecule has 0 aliphatic carbocycles. The van der Waals surface area contributed by atoms with Crippen molar-refractivity contribution in [3.05, 3.63) is 95.1 Å². The molecule has 5 nitrogen and oxygen atoms in total. The molecule has 1 amide bonds. The van der Waals surface area contributed by atoms with E-state index in [1.54, 1.807) is 7.11 Å². The average molecular weight is 488 g/mol. The molecule has 180 valence electrons. The van der Waals surface area contributed by atoms with Gasteiger partial charge in [-0.3, -0.25) is 9.69 Å². The number of hydrogen-bond donors (Lipinski definition) is 1. The normalized spacial score (nSPS) is 14.8. The van der Waals surface area contributed by atoms with E-state index in [2.05, 4.69) is 51.2 Å². The quantitative estimate of drug-likeness (QED) is 0.337. The van der Waals surface area contributed by atoms with Gasteiger partial charge in [-0.1, -0.05) is 54.1 Å². The Balaban J connectivity index is 1.26. The highest BCUT2D eigenvalue weighted by molar-refractivity contribution is 6.31. The molecule has 1 aromatic heterocycles. The molecular weight excluding hydrogens is 458 g/mol. The third-order valence-electron chi connectivity index (χ3n) is 6.86. The number of carbonyl (C=O) groups excluding carboxylic acids is 1. The number of carbonyl (C=O) groups is 1. The number of aromatic nitrogens is 1. The second kappa shape index (κ2) is 10.5. The molecule has 0 radical (unpaired) electrons. The molecule has 1 fully saturated rings. The van der Waals surface area contributed by atoms with Crippen molar-refractivity contribution in [2.24, 2.45) is 5.92 Å². The number of hydrogen-bond acceptors (Lipinski definition) is 3. The van der Waals surface area contributed by atoms with Crippen LogP contribution in [0.25, 0.3) is 10.9 Å². The molecule has 6 heteroatoms. The van der Waals surface area contributed by atoms with Gasteiger partial charge >= 0.3 is 0 Å². The van der Waals surface area contributed by atoms with Crippen molar-refractivity contribution >= 4 is 34.1 Å². The Morgan fingerprint density at radius 1 is 0.971 bits per heavy atom. The summed E-state index contributed by atoms with van der Waals surface area (Å²) in [7, 11) is 1.63. The number of anilines is 1. The molecule has 0 bridgehead atoms. The van der Waals surface area contributed by atoms with Crippen LogP contribution in [0.1, 0.15) is 24.1 Å². The van der Waals surface area contributed by atoms with Gasteiger partial charge in [-0.15, -0.1) is 0 Å². The number of benzene rings is 3. The number of likely N-dealkylation sites (tertiary alicyclic amines) is 1. The van der Waals surface area contributed by atoms with Crippen LogP contribution >= 0.6 is 11.6 Å². The minimum Gasteiger partial charge on any atom is -0.497 e. The molecule has 0 atom stereocenters. The van der Waals surface area contributed by atoms with Crippen LogP contribution in [0.2, 0.25) is 5.02 Å². The molecule has 0 unspecified atom stereocenters. The fourth-order valence-electron chi connectivity index (χ4n) is 4.91. The molecule has 0 saturated carbocycles. The molecule has 0 spiro atoms. The topological polar surface area (TPSA) is 46.5 Å². The molecule has 3 aromatic carbocycles. The average Bonchev–Trinajstić information content (AvgIpc) is 3.22. The van der Waals surface area contributed by atoms with Gasteiger partial charge in [-0.05, 0) is 67.2 Å². The molecule has 35 heavy (non-hydrogen) atoms. The number of nitrogens with zero attached hydrogens (tertiary/aromatic N) is 2. The lowest BCUT2D eigenvalue weighted by Gasteiger charge is -2.31. The highest BCUT2D eigenvalue weighted by Gasteiger charge is 2.26. The van der Waals surface area contributed by atoms with E-state index in [1.807, 2.05) is 42.5 Å². The number of piperidine rings is 1. The molecule has 4 aromatic rings. The van der Waals surface area contributed by atoms with Crippen molar-refractivity contribution < 1.29 is 9.53 Å². The van der Waals surface area contributed by atoms with E-state index in [0.717, 1.165) is 61.0 Å². The fraction of sp³-hybridized carbons (Fsp3) is 0.276. The van der Waals surface area contributed by atoms with Gasteiger partial charge < -0.3 is 14.6 Å². The summed E-state index contributed by atoms with van der Waals surface area (Å²) in [5.41, 5.74) is 4.38. The standard InChI is InChI=1S/C29H30ClN3O2/c1-35-26-10-6-9-24(18-26)31-29(34)21-13-15-32(16-14-21)20-25-17-22-7-3-5-12-28(22)33(25)19-23-8-2-4-11-27(23)30/h2-12,17-18,21H,13-16,19-20H2,1H3,(H,31,34). The lowest BCUT2D eigenvalue weighted by Crippen LogP contribution is -2.38. The van der Waals surface area contributed by atoms with Crippen molar-refractivity contribution in [3.8, 4) is 5.75 Å². The van der Waals surface area contributed by atoms with Crippen molar-refractivity contribution in [2.45, 2.75) is 25.9 Å². The van der Waals surface area contributed by atoms with Crippen molar-refractivity contribution in [2.75, 3.05) is 25.5 Å². The van der Waals surface area contributed by atoms with Gasteiger partial charge in [0.05, 0.1) is 7.11 Å². The minimum atomic E-state index is 0.0198. The van der Waals surface area contributed by atoms with Crippen molar-refractivity contribution in [3.63, 3.8) is 0 Å². The Morgan fingerprint density at radius 3 is 2.54 bits per heavy atom. The van der Waals surface area contributed by atoms with E-state index in [-0.39, 0.29) is 11.8 Å². The van der Waals surface area contributed by atoms with Crippen molar-refractivity contribution in [1.29, 1.82) is 0 Å². The van der Waals surface area contributed by atoms with E-state index in [4.69, 9.17) is 16.3 Å². The first-order valence-corrected chi connectivity index (χ1v) is 12.5. The van der Waals surface area contributed by atoms with E-state index in [9.17, 15) is 4.79 Å². The lowest BCUT2D eigenvalue weighted by atomic mass is 9.95. The summed E-state index contributed by atoms with van der Waals surface area (Å²) in [5.74, 6) is 0.849. The van der Waals surface area contributed by atoms with Crippen LogP contribution in [0.3, 0.4) is 0 Å². The molecule has 2 heterocycles. The number of amides is 1. The molecule has 5 rings (SSSR count). The van der Waals surface area contributed by atoms with E-state index in [1.165, 1.54) is 16.6 Å². The first-order chi connectivity index (χ1) is 17.1. The summed E-state index contributed by atoms with van der Waals surface area (Å²) in [5, 5.41) is 5.09. The number of nitrogens with one attached hydrogen (secondary N) is 1.